The molecule has 0 bridgehead atoms. The minimum absolute atomic E-state index is 0. The fourth-order valence-electron chi connectivity index (χ4n) is 3.27. The molecule has 0 aromatic heterocycles. The number of benzene rings is 1. The van der Waals surface area contributed by atoms with Gasteiger partial charge in [0.1, 0.15) is 0 Å². The largest absolute Gasteiger partial charge is 0.493 e. The summed E-state index contributed by atoms with van der Waals surface area (Å²) in [6.07, 6.45) is 5.64. The maximum Gasteiger partial charge on any atom is 0.223 e. The predicted molar refractivity (Wildman–Crippen MR) is 123 cm³/mol. The van der Waals surface area contributed by atoms with E-state index < -0.39 is 0 Å². The average molecular weight is 504 g/mol. The Hall–Kier alpha value is -1.71. The second-order valence-electron chi connectivity index (χ2n) is 6.67. The lowest BCUT2D eigenvalue weighted by Crippen LogP contribution is -2.42. The van der Waals surface area contributed by atoms with E-state index in [1.54, 1.807) is 21.3 Å². The van der Waals surface area contributed by atoms with Gasteiger partial charge in [0.15, 0.2) is 17.5 Å². The average Bonchev–Trinajstić information content (AvgIpc) is 2.73. The predicted octanol–water partition coefficient (Wildman–Crippen LogP) is 2.68. The van der Waals surface area contributed by atoms with Crippen molar-refractivity contribution in [3.05, 3.63) is 23.8 Å². The van der Waals surface area contributed by atoms with E-state index in [9.17, 15) is 4.79 Å². The van der Waals surface area contributed by atoms with Gasteiger partial charge in [-0.1, -0.05) is 25.3 Å². The molecule has 8 heteroatoms. The van der Waals surface area contributed by atoms with Crippen LogP contribution in [0.15, 0.2) is 23.2 Å². The minimum atomic E-state index is 0. The van der Waals surface area contributed by atoms with Crippen LogP contribution in [-0.2, 0) is 11.3 Å². The van der Waals surface area contributed by atoms with Crippen molar-refractivity contribution in [2.24, 2.45) is 10.9 Å². The van der Waals surface area contributed by atoms with Gasteiger partial charge in [-0.25, -0.2) is 0 Å². The van der Waals surface area contributed by atoms with Gasteiger partial charge < -0.3 is 25.4 Å². The van der Waals surface area contributed by atoms with Crippen molar-refractivity contribution in [3.63, 3.8) is 0 Å². The summed E-state index contributed by atoms with van der Waals surface area (Å²) in [6.45, 7) is 1.82. The Kier molecular flexibility index (Phi) is 11.7. The third-order valence-electron chi connectivity index (χ3n) is 4.82. The van der Waals surface area contributed by atoms with Crippen LogP contribution in [-0.4, -0.2) is 46.2 Å². The summed E-state index contributed by atoms with van der Waals surface area (Å²) >= 11 is 0. The summed E-state index contributed by atoms with van der Waals surface area (Å²) in [7, 11) is 4.97. The molecule has 1 aliphatic carbocycles. The first-order valence-corrected chi connectivity index (χ1v) is 9.61. The van der Waals surface area contributed by atoms with E-state index in [1.165, 1.54) is 19.3 Å². The van der Waals surface area contributed by atoms with E-state index in [0.29, 0.717) is 37.1 Å². The molecule has 1 aliphatic rings. The quantitative estimate of drug-likeness (QED) is 0.220. The second-order valence-corrected chi connectivity index (χ2v) is 6.67. The molecule has 1 amide bonds. The van der Waals surface area contributed by atoms with Crippen LogP contribution in [0.4, 0.5) is 0 Å². The molecule has 0 unspecified atom stereocenters. The number of methoxy groups -OCH3 is 2. The normalized spacial score (nSPS) is 14.6. The van der Waals surface area contributed by atoms with Gasteiger partial charge in [-0.3, -0.25) is 9.79 Å². The van der Waals surface area contributed by atoms with E-state index in [2.05, 4.69) is 20.9 Å². The topological polar surface area (TPSA) is 84.0 Å². The molecular formula is C20H33IN4O3. The van der Waals surface area contributed by atoms with Crippen LogP contribution in [0.1, 0.15) is 37.7 Å². The van der Waals surface area contributed by atoms with E-state index >= 15 is 0 Å². The van der Waals surface area contributed by atoms with Crippen molar-refractivity contribution in [3.8, 4) is 11.5 Å². The number of rotatable bonds is 8. The summed E-state index contributed by atoms with van der Waals surface area (Å²) in [5.74, 6) is 2.48. The number of amides is 1. The Morgan fingerprint density at radius 3 is 2.36 bits per heavy atom. The van der Waals surface area contributed by atoms with Gasteiger partial charge in [-0.05, 0) is 30.5 Å². The van der Waals surface area contributed by atoms with E-state index in [-0.39, 0.29) is 35.8 Å². The van der Waals surface area contributed by atoms with Crippen molar-refractivity contribution < 1.29 is 14.3 Å². The first kappa shape index (κ1) is 24.3. The van der Waals surface area contributed by atoms with E-state index in [1.807, 2.05) is 18.2 Å². The Labute approximate surface area is 185 Å². The first-order valence-electron chi connectivity index (χ1n) is 9.61. The van der Waals surface area contributed by atoms with Gasteiger partial charge in [0, 0.05) is 32.6 Å². The molecule has 158 valence electrons. The molecule has 0 saturated heterocycles. The van der Waals surface area contributed by atoms with Crippen molar-refractivity contribution in [1.29, 1.82) is 0 Å². The molecule has 3 N–H and O–H groups in total. The lowest BCUT2D eigenvalue weighted by atomic mass is 9.89. The molecule has 1 fully saturated rings. The number of hydrogen-bond acceptors (Lipinski definition) is 4. The van der Waals surface area contributed by atoms with Crippen LogP contribution in [0.25, 0.3) is 0 Å². The number of nitrogens with zero attached hydrogens (tertiary/aromatic N) is 1. The highest BCUT2D eigenvalue weighted by Gasteiger charge is 2.20. The Morgan fingerprint density at radius 2 is 1.71 bits per heavy atom. The van der Waals surface area contributed by atoms with Gasteiger partial charge in [0.2, 0.25) is 5.91 Å². The lowest BCUT2D eigenvalue weighted by molar-refractivity contribution is -0.125. The third-order valence-corrected chi connectivity index (χ3v) is 4.82. The second kappa shape index (κ2) is 13.5. The molecule has 1 aromatic rings. The number of halogens is 1. The summed E-state index contributed by atoms with van der Waals surface area (Å²) in [5, 5.41) is 9.49. The van der Waals surface area contributed by atoms with Gasteiger partial charge >= 0.3 is 0 Å². The molecule has 1 aromatic carbocycles. The minimum Gasteiger partial charge on any atom is -0.493 e. The van der Waals surface area contributed by atoms with Gasteiger partial charge in [0.25, 0.3) is 0 Å². The zero-order valence-electron chi connectivity index (χ0n) is 17.0. The number of hydrogen-bond donors (Lipinski definition) is 3. The van der Waals surface area contributed by atoms with E-state index in [0.717, 1.165) is 18.4 Å². The Morgan fingerprint density at radius 1 is 1.04 bits per heavy atom. The van der Waals surface area contributed by atoms with Crippen LogP contribution in [0.2, 0.25) is 0 Å². The summed E-state index contributed by atoms with van der Waals surface area (Å²) in [6, 6.07) is 5.79. The molecular weight excluding hydrogens is 471 g/mol. The zero-order valence-corrected chi connectivity index (χ0v) is 19.4. The van der Waals surface area contributed by atoms with Crippen LogP contribution < -0.4 is 25.4 Å². The number of nitrogens with one attached hydrogen (secondary N) is 3. The van der Waals surface area contributed by atoms with Crippen LogP contribution in [0.5, 0.6) is 11.5 Å². The smallest absolute Gasteiger partial charge is 0.223 e. The highest BCUT2D eigenvalue weighted by atomic mass is 127. The van der Waals surface area contributed by atoms with Crippen LogP contribution in [0, 0.1) is 5.92 Å². The molecule has 0 spiro atoms. The number of guanidine groups is 1. The Balaban J connectivity index is 0.00000392. The number of aliphatic imine (C=N–C) groups is 1. The molecule has 0 radical (unpaired) electrons. The molecule has 0 atom stereocenters. The standard InChI is InChI=1S/C20H32N4O3.HI/c1-21-20(23-12-11-22-19(25)16-7-5-4-6-8-16)24-14-15-9-10-17(26-2)18(13-15)27-3;/h9-10,13,16H,4-8,11-12,14H2,1-3H3,(H,22,25)(H2,21,23,24);1H. The molecule has 0 heterocycles. The maximum absolute atomic E-state index is 12.1. The first-order chi connectivity index (χ1) is 13.2. The van der Waals surface area contributed by atoms with Gasteiger partial charge in [-0.15, -0.1) is 24.0 Å². The van der Waals surface area contributed by atoms with Gasteiger partial charge in [-0.2, -0.15) is 0 Å². The molecule has 28 heavy (non-hydrogen) atoms. The number of carbonyl (C=O) groups is 1. The molecule has 2 rings (SSSR count). The number of carbonyl (C=O) groups excluding carboxylic acids is 1. The van der Waals surface area contributed by atoms with Crippen molar-refractivity contribution >= 4 is 35.8 Å². The highest BCUT2D eigenvalue weighted by molar-refractivity contribution is 14.0. The highest BCUT2D eigenvalue weighted by Crippen LogP contribution is 2.27. The molecule has 1 saturated carbocycles. The summed E-state index contributed by atoms with van der Waals surface area (Å²) in [4.78, 5) is 16.3. The fraction of sp³-hybridized carbons (Fsp3) is 0.600. The number of ether oxygens (including phenoxy) is 2. The SMILES string of the molecule is CN=C(NCCNC(=O)C1CCCCC1)NCc1ccc(OC)c(OC)c1.I. The van der Waals surface area contributed by atoms with Crippen molar-refractivity contribution in [1.82, 2.24) is 16.0 Å². The fourth-order valence-corrected chi connectivity index (χ4v) is 3.27. The molecule has 0 aliphatic heterocycles. The van der Waals surface area contributed by atoms with Gasteiger partial charge in [0.05, 0.1) is 14.2 Å². The summed E-state index contributed by atoms with van der Waals surface area (Å²) < 4.78 is 10.6. The van der Waals surface area contributed by atoms with Crippen molar-refractivity contribution in [2.45, 2.75) is 38.6 Å². The lowest BCUT2D eigenvalue weighted by Gasteiger charge is -2.21. The van der Waals surface area contributed by atoms with Crippen LogP contribution in [0.3, 0.4) is 0 Å². The van der Waals surface area contributed by atoms with E-state index in [4.69, 9.17) is 9.47 Å². The monoisotopic (exact) mass is 504 g/mol. The van der Waals surface area contributed by atoms with Crippen LogP contribution >= 0.6 is 24.0 Å². The van der Waals surface area contributed by atoms with Crippen molar-refractivity contribution in [2.75, 3.05) is 34.4 Å². The molecule has 7 nitrogen and oxygen atoms in total. The summed E-state index contributed by atoms with van der Waals surface area (Å²) in [5.41, 5.74) is 1.06. The Bertz CT molecular complexity index is 634. The maximum atomic E-state index is 12.1. The zero-order chi connectivity index (χ0) is 19.5. The third kappa shape index (κ3) is 7.73.